The van der Waals surface area contributed by atoms with Crippen LogP contribution in [-0.2, 0) is 0 Å². The molecule has 0 aromatic heterocycles. The van der Waals surface area contributed by atoms with Gasteiger partial charge >= 0.3 is 0 Å². The summed E-state index contributed by atoms with van der Waals surface area (Å²) in [7, 11) is 0. The van der Waals surface area contributed by atoms with Gasteiger partial charge in [0, 0.05) is 52.6 Å². The summed E-state index contributed by atoms with van der Waals surface area (Å²) in [5.74, 6) is -0.528. The Bertz CT molecular complexity index is 4170. The third-order valence-corrected chi connectivity index (χ3v) is 20.0. The lowest BCUT2D eigenvalue weighted by Crippen LogP contribution is -2.47. The van der Waals surface area contributed by atoms with Gasteiger partial charge in [-0.3, -0.25) is 29.0 Å². The number of fused-ring (bicyclic) bond motifs is 6. The number of hydrogen-bond donors (Lipinski definition) is 0. The molecule has 0 aliphatic carbocycles. The third kappa shape index (κ3) is 7.93. The van der Waals surface area contributed by atoms with E-state index >= 15 is 9.59 Å². The molecule has 3 aliphatic heterocycles. The Morgan fingerprint density at radius 2 is 0.605 bits per heavy atom. The molecule has 0 spiro atoms. The van der Waals surface area contributed by atoms with E-state index in [2.05, 4.69) is 111 Å². The smallest absolute Gasteiger partial charge is 0.263 e. The van der Waals surface area contributed by atoms with Gasteiger partial charge in [0.1, 0.15) is 0 Å². The zero-order chi connectivity index (χ0) is 55.2. The van der Waals surface area contributed by atoms with Crippen molar-refractivity contribution >= 4 is 137 Å². The molecule has 11 aromatic carbocycles. The van der Waals surface area contributed by atoms with Crippen LogP contribution in [0.4, 0.5) is 5.69 Å². The van der Waals surface area contributed by atoms with Gasteiger partial charge in [-0.1, -0.05) is 197 Å². The highest BCUT2D eigenvalue weighted by atomic mass is 16.2. The average molecular weight is 1070 g/mol. The first-order valence-corrected chi connectivity index (χ1v) is 31.7. The van der Waals surface area contributed by atoms with Gasteiger partial charge < -0.3 is 4.90 Å². The van der Waals surface area contributed by atoms with Crippen molar-refractivity contribution in [3.05, 3.63) is 113 Å². The summed E-state index contributed by atoms with van der Waals surface area (Å²) in [6, 6.07) is 33.2. The molecule has 0 unspecified atom stereocenters. The first-order chi connectivity index (χ1) is 39.8. The Morgan fingerprint density at radius 1 is 0.321 bits per heavy atom. The van der Waals surface area contributed by atoms with Gasteiger partial charge in [-0.25, -0.2) is 0 Å². The maximum Gasteiger partial charge on any atom is 0.263 e. The average Bonchev–Trinajstić information content (AvgIpc) is 2.40. The monoisotopic (exact) mass is 1070 g/mol. The predicted octanol–water partition coefficient (Wildman–Crippen LogP) is 19.9. The molecular formula is C74H77N3O4. The van der Waals surface area contributed by atoms with Crippen LogP contribution in [0.1, 0.15) is 210 Å². The highest BCUT2D eigenvalue weighted by Gasteiger charge is 2.42. The predicted molar refractivity (Wildman–Crippen MR) is 340 cm³/mol. The van der Waals surface area contributed by atoms with Crippen molar-refractivity contribution in [1.82, 2.24) is 9.80 Å². The molecular weight excluding hydrogens is 995 g/mol. The number of benzene rings is 11. The van der Waals surface area contributed by atoms with Crippen molar-refractivity contribution < 1.29 is 19.2 Å². The summed E-state index contributed by atoms with van der Waals surface area (Å²) in [6.45, 7) is 10.7. The summed E-state index contributed by atoms with van der Waals surface area (Å²) in [4.78, 5) is 66.4. The number of amides is 4. The van der Waals surface area contributed by atoms with E-state index in [0.717, 1.165) is 205 Å². The highest BCUT2D eigenvalue weighted by Crippen LogP contribution is 2.53. The van der Waals surface area contributed by atoms with Crippen LogP contribution in [0.25, 0.3) is 108 Å². The maximum absolute atomic E-state index is 15.6. The molecule has 4 amide bonds. The Balaban J connectivity index is 0.929. The minimum atomic E-state index is -0.145. The van der Waals surface area contributed by atoms with Crippen LogP contribution >= 0.6 is 0 Å². The number of imide groups is 2. The normalized spacial score (nSPS) is 15.2. The lowest BCUT2D eigenvalue weighted by atomic mass is 9.79. The van der Waals surface area contributed by atoms with Crippen molar-refractivity contribution in [3.63, 3.8) is 0 Å². The lowest BCUT2D eigenvalue weighted by Gasteiger charge is -2.37. The second-order valence-electron chi connectivity index (χ2n) is 24.8. The van der Waals surface area contributed by atoms with E-state index in [0.29, 0.717) is 16.7 Å². The number of carbonyl (C=O) groups is 4. The van der Waals surface area contributed by atoms with Crippen LogP contribution in [-0.4, -0.2) is 58.6 Å². The fraction of sp³-hybridized carbons (Fsp3) is 0.405. The van der Waals surface area contributed by atoms with Crippen LogP contribution in [0.2, 0.25) is 0 Å². The van der Waals surface area contributed by atoms with E-state index in [4.69, 9.17) is 0 Å². The number of nitrogens with zero attached hydrogens (tertiary/aromatic N) is 3. The van der Waals surface area contributed by atoms with Crippen molar-refractivity contribution in [2.75, 3.05) is 18.0 Å². The molecule has 81 heavy (non-hydrogen) atoms. The molecule has 412 valence electrons. The van der Waals surface area contributed by atoms with Crippen molar-refractivity contribution in [2.45, 2.75) is 181 Å². The molecule has 0 N–H and O–H groups in total. The molecule has 0 saturated carbocycles. The summed E-state index contributed by atoms with van der Waals surface area (Å²) < 4.78 is 0. The van der Waals surface area contributed by atoms with Gasteiger partial charge in [-0.05, 0) is 160 Å². The Kier molecular flexibility index (Phi) is 13.5. The highest BCUT2D eigenvalue weighted by molar-refractivity contribution is 6.48. The van der Waals surface area contributed by atoms with Gasteiger partial charge in [-0.2, -0.15) is 0 Å². The molecule has 3 heterocycles. The van der Waals surface area contributed by atoms with Crippen LogP contribution in [0.3, 0.4) is 0 Å². The number of hydrogen-bond acceptors (Lipinski definition) is 5. The summed E-state index contributed by atoms with van der Waals surface area (Å²) in [5.41, 5.74) is 3.65. The zero-order valence-electron chi connectivity index (χ0n) is 48.3. The van der Waals surface area contributed by atoms with E-state index in [9.17, 15) is 9.59 Å². The molecule has 14 rings (SSSR count). The standard InChI is InChI=1S/C74H77N3O4/c1-5-9-13-17-23-44(24-18-14-10-6-2)76-71(78)57-38-35-53-49-29-27-46-48-31-32-52-55-37-40-59-69-67(55)60(43-61(75-41-21-22-42-75)70(69)74(81)77(73(59)80)45(25-19-15-11-7-3)26-20-16-12-8-4)56-34-33-51(64(48)66(52)56)47-28-30-50(63(49)62(46)47)54-36-39-58(72(76)79)68(57)65(53)54/h27-40,43-45H,5-26,41-42H2,1-4H3. The molecule has 11 aromatic rings. The van der Waals surface area contributed by atoms with Gasteiger partial charge in [0.05, 0.1) is 11.3 Å². The second kappa shape index (κ2) is 21.0. The zero-order valence-corrected chi connectivity index (χ0v) is 48.3. The van der Waals surface area contributed by atoms with E-state index in [1.54, 1.807) is 9.80 Å². The molecule has 7 nitrogen and oxygen atoms in total. The van der Waals surface area contributed by atoms with Crippen LogP contribution < -0.4 is 4.90 Å². The second-order valence-corrected chi connectivity index (χ2v) is 24.8. The molecule has 0 radical (unpaired) electrons. The fourth-order valence-electron chi connectivity index (χ4n) is 16.1. The number of carbonyl (C=O) groups excluding carboxylic acids is 4. The molecule has 7 heteroatoms. The van der Waals surface area contributed by atoms with E-state index < -0.39 is 0 Å². The summed E-state index contributed by atoms with van der Waals surface area (Å²) in [6.07, 6.45) is 23.4. The van der Waals surface area contributed by atoms with E-state index in [1.807, 2.05) is 12.1 Å². The van der Waals surface area contributed by atoms with Crippen molar-refractivity contribution in [3.8, 4) is 0 Å². The van der Waals surface area contributed by atoms with Crippen molar-refractivity contribution in [2.24, 2.45) is 0 Å². The van der Waals surface area contributed by atoms with E-state index in [1.165, 1.54) is 68.8 Å². The largest absolute Gasteiger partial charge is 0.371 e. The van der Waals surface area contributed by atoms with Gasteiger partial charge in [0.15, 0.2) is 0 Å². The molecule has 3 aliphatic rings. The number of anilines is 1. The third-order valence-electron chi connectivity index (χ3n) is 20.0. The summed E-state index contributed by atoms with van der Waals surface area (Å²) in [5, 5.41) is 22.3. The molecule has 1 fully saturated rings. The minimum absolute atomic E-state index is 0.105. The first kappa shape index (κ1) is 52.0. The van der Waals surface area contributed by atoms with Crippen LogP contribution in [0, 0.1) is 0 Å². The van der Waals surface area contributed by atoms with Gasteiger partial charge in [-0.15, -0.1) is 0 Å². The SMILES string of the molecule is CCCCCCC(CCCCCC)N1C(=O)c2ccc3c4ccc5c6ccc7c8ccc9c%10c(c(N%11CCCC%11)cc(c%11ccc(c%12ccc(c%13ccc(c2c3%13)C1=O)c4c5%12)c6c7%11)c%108)C(=O)N(C(CCCCCC)CCCCCC)C9=O. The Hall–Kier alpha value is -7.12. The quantitative estimate of drug-likeness (QED) is 0.0276. The number of rotatable bonds is 23. The maximum atomic E-state index is 15.6. The topological polar surface area (TPSA) is 78.0 Å². The van der Waals surface area contributed by atoms with Gasteiger partial charge in [0.25, 0.3) is 23.6 Å². The van der Waals surface area contributed by atoms with Gasteiger partial charge in [0.2, 0.25) is 0 Å². The lowest BCUT2D eigenvalue weighted by molar-refractivity contribution is 0.0501. The minimum Gasteiger partial charge on any atom is -0.371 e. The number of unbranched alkanes of at least 4 members (excludes halogenated alkanes) is 12. The molecule has 0 bridgehead atoms. The Morgan fingerprint density at radius 3 is 0.951 bits per heavy atom. The van der Waals surface area contributed by atoms with Crippen LogP contribution in [0.5, 0.6) is 0 Å². The van der Waals surface area contributed by atoms with Crippen molar-refractivity contribution in [1.29, 1.82) is 0 Å². The molecule has 1 saturated heterocycles. The Labute approximate surface area is 476 Å². The van der Waals surface area contributed by atoms with Crippen LogP contribution in [0.15, 0.2) is 91.0 Å². The fourth-order valence-corrected chi connectivity index (χ4v) is 16.1. The summed E-state index contributed by atoms with van der Waals surface area (Å²) >= 11 is 0. The first-order valence-electron chi connectivity index (χ1n) is 31.7. The van der Waals surface area contributed by atoms with E-state index in [-0.39, 0.29) is 35.7 Å². The molecule has 0 atom stereocenters.